The Morgan fingerprint density at radius 3 is 2.22 bits per heavy atom. The third-order valence-corrected chi connectivity index (χ3v) is 4.74. The second kappa shape index (κ2) is 10.6. The van der Waals surface area contributed by atoms with Crippen LogP contribution in [0.15, 0.2) is 30.3 Å². The number of sulfonamides is 1. The van der Waals surface area contributed by atoms with E-state index < -0.39 is 52.6 Å². The van der Waals surface area contributed by atoms with Crippen molar-refractivity contribution in [2.75, 3.05) is 12.3 Å². The number of rotatable bonds is 11. The standard InChI is InChI=1S/C17H25N3O6S/c1-12(2)19-16(22)11-18-27(25,26)9-8-15(21)20-14(17(23)24)10-13-6-4-3-5-7-13/h3-7,12,14,18H,8-11H2,1-2H3,(H,19,22)(H,20,21)(H,23,24)/t14-/m0/s1. The van der Waals surface area contributed by atoms with Crippen molar-refractivity contribution in [3.8, 4) is 0 Å². The molecule has 0 heterocycles. The van der Waals surface area contributed by atoms with Crippen LogP contribution in [-0.2, 0) is 30.8 Å². The SMILES string of the molecule is CC(C)NC(=O)CNS(=O)(=O)CCC(=O)N[C@@H](Cc1ccccc1)C(=O)O. The minimum atomic E-state index is -3.84. The molecule has 0 unspecified atom stereocenters. The summed E-state index contributed by atoms with van der Waals surface area (Å²) in [5.41, 5.74) is 0.732. The van der Waals surface area contributed by atoms with Gasteiger partial charge in [-0.15, -0.1) is 0 Å². The Bertz CT molecular complexity index is 749. The zero-order valence-electron chi connectivity index (χ0n) is 15.3. The number of hydrogen-bond donors (Lipinski definition) is 4. The molecule has 0 saturated heterocycles. The predicted octanol–water partition coefficient (Wildman–Crippen LogP) is -0.367. The van der Waals surface area contributed by atoms with E-state index in [2.05, 4.69) is 15.4 Å². The highest BCUT2D eigenvalue weighted by Gasteiger charge is 2.22. The Morgan fingerprint density at radius 1 is 1.04 bits per heavy atom. The van der Waals surface area contributed by atoms with E-state index in [9.17, 15) is 27.9 Å². The fraction of sp³-hybridized carbons (Fsp3) is 0.471. The summed E-state index contributed by atoms with van der Waals surface area (Å²) in [5, 5.41) is 14.1. The molecule has 10 heteroatoms. The van der Waals surface area contributed by atoms with Gasteiger partial charge in [-0.1, -0.05) is 30.3 Å². The molecule has 0 fully saturated rings. The highest BCUT2D eigenvalue weighted by molar-refractivity contribution is 7.89. The number of amides is 2. The van der Waals surface area contributed by atoms with Gasteiger partial charge in [0.1, 0.15) is 6.04 Å². The van der Waals surface area contributed by atoms with Crippen LogP contribution in [0.2, 0.25) is 0 Å². The number of aliphatic carboxylic acids is 1. The maximum absolute atomic E-state index is 11.9. The molecule has 0 aliphatic carbocycles. The second-order valence-electron chi connectivity index (χ2n) is 6.26. The summed E-state index contributed by atoms with van der Waals surface area (Å²) >= 11 is 0. The van der Waals surface area contributed by atoms with E-state index >= 15 is 0 Å². The van der Waals surface area contributed by atoms with Crippen molar-refractivity contribution in [2.45, 2.75) is 38.8 Å². The summed E-state index contributed by atoms with van der Waals surface area (Å²) in [5.74, 6) is -2.94. The third-order valence-electron chi connectivity index (χ3n) is 3.42. The molecule has 1 aromatic rings. The van der Waals surface area contributed by atoms with E-state index in [1.807, 2.05) is 0 Å². The van der Waals surface area contributed by atoms with Crippen molar-refractivity contribution in [3.63, 3.8) is 0 Å². The fourth-order valence-corrected chi connectivity index (χ4v) is 3.11. The van der Waals surface area contributed by atoms with Crippen LogP contribution in [0.4, 0.5) is 0 Å². The highest BCUT2D eigenvalue weighted by Crippen LogP contribution is 2.04. The van der Waals surface area contributed by atoms with Gasteiger partial charge in [0.15, 0.2) is 0 Å². The largest absolute Gasteiger partial charge is 0.480 e. The lowest BCUT2D eigenvalue weighted by atomic mass is 10.1. The lowest BCUT2D eigenvalue weighted by Crippen LogP contribution is -2.44. The predicted molar refractivity (Wildman–Crippen MR) is 99.4 cm³/mol. The maximum Gasteiger partial charge on any atom is 0.326 e. The molecule has 2 amide bonds. The molecule has 4 N–H and O–H groups in total. The van der Waals surface area contributed by atoms with Crippen LogP contribution in [0.3, 0.4) is 0 Å². The van der Waals surface area contributed by atoms with Gasteiger partial charge in [-0.05, 0) is 19.4 Å². The highest BCUT2D eigenvalue weighted by atomic mass is 32.2. The van der Waals surface area contributed by atoms with E-state index in [-0.39, 0.29) is 12.5 Å². The summed E-state index contributed by atoms with van der Waals surface area (Å²) in [6.07, 6.45) is -0.331. The van der Waals surface area contributed by atoms with E-state index in [1.54, 1.807) is 44.2 Å². The maximum atomic E-state index is 11.9. The van der Waals surface area contributed by atoms with Crippen molar-refractivity contribution < 1.29 is 27.9 Å². The molecule has 0 aliphatic heterocycles. The molecule has 27 heavy (non-hydrogen) atoms. The molecule has 0 radical (unpaired) electrons. The first-order chi connectivity index (χ1) is 12.6. The molecule has 0 bridgehead atoms. The normalized spacial score (nSPS) is 12.4. The molecule has 0 spiro atoms. The van der Waals surface area contributed by atoms with Crippen LogP contribution in [0.25, 0.3) is 0 Å². The van der Waals surface area contributed by atoms with Crippen LogP contribution in [0.5, 0.6) is 0 Å². The summed E-state index contributed by atoms with van der Waals surface area (Å²) in [7, 11) is -3.84. The van der Waals surface area contributed by atoms with E-state index in [4.69, 9.17) is 0 Å². The quantitative estimate of drug-likeness (QED) is 0.400. The van der Waals surface area contributed by atoms with Gasteiger partial charge in [-0.25, -0.2) is 17.9 Å². The zero-order valence-corrected chi connectivity index (χ0v) is 16.1. The van der Waals surface area contributed by atoms with Crippen molar-refractivity contribution in [1.29, 1.82) is 0 Å². The van der Waals surface area contributed by atoms with Crippen LogP contribution >= 0.6 is 0 Å². The average Bonchev–Trinajstić information content (AvgIpc) is 2.58. The number of benzene rings is 1. The summed E-state index contributed by atoms with van der Waals surface area (Å²) in [4.78, 5) is 34.7. The first-order valence-corrected chi connectivity index (χ1v) is 10.1. The van der Waals surface area contributed by atoms with Gasteiger partial charge < -0.3 is 15.7 Å². The molecular weight excluding hydrogens is 374 g/mol. The Labute approximate surface area is 158 Å². The Hall–Kier alpha value is -2.46. The van der Waals surface area contributed by atoms with Crippen molar-refractivity contribution in [3.05, 3.63) is 35.9 Å². The summed E-state index contributed by atoms with van der Waals surface area (Å²) in [6, 6.07) is 7.49. The molecule has 1 atom stereocenters. The van der Waals surface area contributed by atoms with Crippen molar-refractivity contribution >= 4 is 27.8 Å². The number of hydrogen-bond acceptors (Lipinski definition) is 5. The van der Waals surface area contributed by atoms with Gasteiger partial charge in [0.2, 0.25) is 21.8 Å². The molecule has 1 aromatic carbocycles. The fourth-order valence-electron chi connectivity index (χ4n) is 2.16. The molecule has 0 saturated carbocycles. The van der Waals surface area contributed by atoms with Gasteiger partial charge >= 0.3 is 5.97 Å². The monoisotopic (exact) mass is 399 g/mol. The number of nitrogens with one attached hydrogen (secondary N) is 3. The smallest absolute Gasteiger partial charge is 0.326 e. The molecular formula is C17H25N3O6S. The van der Waals surface area contributed by atoms with Crippen molar-refractivity contribution in [1.82, 2.24) is 15.4 Å². The number of carbonyl (C=O) groups is 3. The molecule has 150 valence electrons. The Morgan fingerprint density at radius 2 is 1.67 bits per heavy atom. The van der Waals surface area contributed by atoms with Crippen LogP contribution < -0.4 is 15.4 Å². The third kappa shape index (κ3) is 9.71. The van der Waals surface area contributed by atoms with Gasteiger partial charge in [0.25, 0.3) is 0 Å². The first-order valence-electron chi connectivity index (χ1n) is 8.42. The van der Waals surface area contributed by atoms with Gasteiger partial charge in [-0.2, -0.15) is 0 Å². The minimum absolute atomic E-state index is 0.0856. The number of carbonyl (C=O) groups excluding carboxylic acids is 2. The lowest BCUT2D eigenvalue weighted by molar-refractivity contribution is -0.141. The summed E-state index contributed by atoms with van der Waals surface area (Å²) < 4.78 is 25.8. The molecule has 1 rings (SSSR count). The van der Waals surface area contributed by atoms with Crippen LogP contribution in [0.1, 0.15) is 25.8 Å². The first kappa shape index (κ1) is 22.6. The Balaban J connectivity index is 2.49. The molecule has 9 nitrogen and oxygen atoms in total. The van der Waals surface area contributed by atoms with Gasteiger partial charge in [0.05, 0.1) is 12.3 Å². The Kier molecular flexibility index (Phi) is 8.89. The zero-order chi connectivity index (χ0) is 20.4. The molecule has 0 aromatic heterocycles. The van der Waals surface area contributed by atoms with E-state index in [0.29, 0.717) is 0 Å². The minimum Gasteiger partial charge on any atom is -0.480 e. The number of carboxylic acids is 1. The second-order valence-corrected chi connectivity index (χ2v) is 8.19. The van der Waals surface area contributed by atoms with Crippen LogP contribution in [-0.4, -0.2) is 55.7 Å². The average molecular weight is 399 g/mol. The van der Waals surface area contributed by atoms with E-state index in [0.717, 1.165) is 5.56 Å². The molecule has 0 aliphatic rings. The van der Waals surface area contributed by atoms with E-state index in [1.165, 1.54) is 0 Å². The summed E-state index contributed by atoms with van der Waals surface area (Å²) in [6.45, 7) is 3.06. The number of carboxylic acid groups (broad SMARTS) is 1. The topological polar surface area (TPSA) is 142 Å². The van der Waals surface area contributed by atoms with Gasteiger partial charge in [-0.3, -0.25) is 9.59 Å². The lowest BCUT2D eigenvalue weighted by Gasteiger charge is -2.15. The van der Waals surface area contributed by atoms with Crippen LogP contribution in [0, 0.1) is 0 Å². The van der Waals surface area contributed by atoms with Crippen molar-refractivity contribution in [2.24, 2.45) is 0 Å². The van der Waals surface area contributed by atoms with Gasteiger partial charge in [0, 0.05) is 18.9 Å².